The summed E-state index contributed by atoms with van der Waals surface area (Å²) in [5.41, 5.74) is 0.942. The summed E-state index contributed by atoms with van der Waals surface area (Å²) >= 11 is 0. The Labute approximate surface area is 89.7 Å². The van der Waals surface area contributed by atoms with Crippen molar-refractivity contribution in [1.82, 2.24) is 0 Å². The van der Waals surface area contributed by atoms with Gasteiger partial charge in [-0.1, -0.05) is 6.07 Å². The molecule has 1 rings (SSSR count). The molecule has 0 heterocycles. The lowest BCUT2D eigenvalue weighted by Crippen LogP contribution is -2.29. The fraction of sp³-hybridized carbons (Fsp3) is 0.455. The molecule has 0 aliphatic heterocycles. The van der Waals surface area contributed by atoms with Gasteiger partial charge in [0.05, 0.1) is 20.3 Å². The third-order valence-corrected chi connectivity index (χ3v) is 2.16. The molecular formula is C11H17NO3. The van der Waals surface area contributed by atoms with Crippen molar-refractivity contribution < 1.29 is 14.9 Å². The lowest BCUT2D eigenvalue weighted by atomic mass is 10.2. The topological polar surface area (TPSA) is 52.9 Å². The molecule has 4 nitrogen and oxygen atoms in total. The Morgan fingerprint density at radius 1 is 1.20 bits per heavy atom. The van der Waals surface area contributed by atoms with Gasteiger partial charge in [-0.3, -0.25) is 0 Å². The van der Waals surface area contributed by atoms with Crippen molar-refractivity contribution in [3.8, 4) is 5.75 Å². The van der Waals surface area contributed by atoms with Gasteiger partial charge < -0.3 is 19.8 Å². The highest BCUT2D eigenvalue weighted by molar-refractivity contribution is 5.50. The Morgan fingerprint density at radius 2 is 1.87 bits per heavy atom. The third kappa shape index (κ3) is 3.42. The van der Waals surface area contributed by atoms with Crippen LogP contribution < -0.4 is 9.64 Å². The summed E-state index contributed by atoms with van der Waals surface area (Å²) in [6, 6.07) is 7.55. The molecule has 2 N–H and O–H groups in total. The van der Waals surface area contributed by atoms with E-state index in [4.69, 9.17) is 14.9 Å². The number of nitrogens with zero attached hydrogens (tertiary/aromatic N) is 1. The van der Waals surface area contributed by atoms with Crippen molar-refractivity contribution in [1.29, 1.82) is 0 Å². The molecule has 0 fully saturated rings. The van der Waals surface area contributed by atoms with Gasteiger partial charge in [-0.25, -0.2) is 0 Å². The molecule has 0 unspecified atom stereocenters. The fourth-order valence-corrected chi connectivity index (χ4v) is 1.42. The van der Waals surface area contributed by atoms with Gasteiger partial charge in [0.1, 0.15) is 5.75 Å². The third-order valence-electron chi connectivity index (χ3n) is 2.16. The van der Waals surface area contributed by atoms with Crippen molar-refractivity contribution in [2.24, 2.45) is 0 Å². The second kappa shape index (κ2) is 6.27. The van der Waals surface area contributed by atoms with Crippen molar-refractivity contribution in [3.05, 3.63) is 24.3 Å². The van der Waals surface area contributed by atoms with E-state index < -0.39 is 0 Å². The Bertz CT molecular complexity index is 285. The van der Waals surface area contributed by atoms with Gasteiger partial charge in [-0.2, -0.15) is 0 Å². The SMILES string of the molecule is COc1cccc(N(CCO)CCO)c1. The summed E-state index contributed by atoms with van der Waals surface area (Å²) in [5.74, 6) is 0.772. The highest BCUT2D eigenvalue weighted by atomic mass is 16.5. The van der Waals surface area contributed by atoms with E-state index in [2.05, 4.69) is 0 Å². The molecule has 0 spiro atoms. The molecule has 0 saturated carbocycles. The molecule has 1 aromatic carbocycles. The Balaban J connectivity index is 2.79. The monoisotopic (exact) mass is 211 g/mol. The summed E-state index contributed by atoms with van der Waals surface area (Å²) in [7, 11) is 1.61. The van der Waals surface area contributed by atoms with E-state index in [1.54, 1.807) is 7.11 Å². The standard InChI is InChI=1S/C11H17NO3/c1-15-11-4-2-3-10(9-11)12(5-7-13)6-8-14/h2-4,9,13-14H,5-8H2,1H3. The molecule has 0 aliphatic rings. The summed E-state index contributed by atoms with van der Waals surface area (Å²) in [4.78, 5) is 1.91. The second-order valence-electron chi connectivity index (χ2n) is 3.14. The fourth-order valence-electron chi connectivity index (χ4n) is 1.42. The zero-order valence-corrected chi connectivity index (χ0v) is 8.89. The number of hydrogen-bond acceptors (Lipinski definition) is 4. The van der Waals surface area contributed by atoms with Gasteiger partial charge in [0.2, 0.25) is 0 Å². The average molecular weight is 211 g/mol. The van der Waals surface area contributed by atoms with E-state index >= 15 is 0 Å². The number of aliphatic hydroxyl groups excluding tert-OH is 2. The maximum atomic E-state index is 8.90. The van der Waals surface area contributed by atoms with E-state index in [-0.39, 0.29) is 13.2 Å². The molecule has 0 atom stereocenters. The van der Waals surface area contributed by atoms with E-state index in [9.17, 15) is 0 Å². The summed E-state index contributed by atoms with van der Waals surface area (Å²) in [5, 5.41) is 17.8. The lowest BCUT2D eigenvalue weighted by molar-refractivity contribution is 0.281. The smallest absolute Gasteiger partial charge is 0.120 e. The minimum absolute atomic E-state index is 0.0667. The predicted octanol–water partition coefficient (Wildman–Crippen LogP) is 0.486. The van der Waals surface area contributed by atoms with Crippen molar-refractivity contribution in [2.75, 3.05) is 38.3 Å². The van der Waals surface area contributed by atoms with Crippen LogP contribution in [0.4, 0.5) is 5.69 Å². The quantitative estimate of drug-likeness (QED) is 0.719. The van der Waals surface area contributed by atoms with Crippen molar-refractivity contribution in [2.45, 2.75) is 0 Å². The van der Waals surface area contributed by atoms with Crippen LogP contribution in [0, 0.1) is 0 Å². The summed E-state index contributed by atoms with van der Waals surface area (Å²) < 4.78 is 5.11. The number of methoxy groups -OCH3 is 1. The Hall–Kier alpha value is -1.26. The van der Waals surface area contributed by atoms with Gasteiger partial charge in [0.15, 0.2) is 0 Å². The van der Waals surface area contributed by atoms with Gasteiger partial charge in [0.25, 0.3) is 0 Å². The van der Waals surface area contributed by atoms with E-state index in [0.29, 0.717) is 13.1 Å². The molecule has 4 heteroatoms. The largest absolute Gasteiger partial charge is 0.497 e. The minimum atomic E-state index is 0.0667. The molecule has 0 bridgehead atoms. The van der Waals surface area contributed by atoms with Gasteiger partial charge >= 0.3 is 0 Å². The Morgan fingerprint density at radius 3 is 2.40 bits per heavy atom. The predicted molar refractivity (Wildman–Crippen MR) is 59.4 cm³/mol. The van der Waals surface area contributed by atoms with Crippen molar-refractivity contribution >= 4 is 5.69 Å². The normalized spacial score (nSPS) is 10.1. The van der Waals surface area contributed by atoms with Crippen LogP contribution in [0.5, 0.6) is 5.75 Å². The van der Waals surface area contributed by atoms with Crippen LogP contribution in [0.25, 0.3) is 0 Å². The number of hydrogen-bond donors (Lipinski definition) is 2. The number of benzene rings is 1. The zero-order valence-electron chi connectivity index (χ0n) is 8.89. The van der Waals surface area contributed by atoms with Crippen LogP contribution in [0.15, 0.2) is 24.3 Å². The van der Waals surface area contributed by atoms with E-state index in [1.807, 2.05) is 29.2 Å². The number of ether oxygens (including phenoxy) is 1. The number of anilines is 1. The average Bonchev–Trinajstić information content (AvgIpc) is 2.29. The van der Waals surface area contributed by atoms with Crippen LogP contribution >= 0.6 is 0 Å². The van der Waals surface area contributed by atoms with Gasteiger partial charge in [0, 0.05) is 24.8 Å². The van der Waals surface area contributed by atoms with Gasteiger partial charge in [-0.05, 0) is 12.1 Å². The first-order chi connectivity index (χ1) is 7.31. The minimum Gasteiger partial charge on any atom is -0.497 e. The lowest BCUT2D eigenvalue weighted by Gasteiger charge is -2.23. The molecule has 0 saturated heterocycles. The van der Waals surface area contributed by atoms with E-state index in [1.165, 1.54) is 0 Å². The number of rotatable bonds is 6. The molecular weight excluding hydrogens is 194 g/mol. The second-order valence-corrected chi connectivity index (χ2v) is 3.14. The molecule has 0 radical (unpaired) electrons. The molecule has 15 heavy (non-hydrogen) atoms. The molecule has 0 amide bonds. The van der Waals surface area contributed by atoms with Crippen LogP contribution in [0.2, 0.25) is 0 Å². The summed E-state index contributed by atoms with van der Waals surface area (Å²) in [6.07, 6.45) is 0. The zero-order chi connectivity index (χ0) is 11.1. The summed E-state index contributed by atoms with van der Waals surface area (Å²) in [6.45, 7) is 1.15. The maximum absolute atomic E-state index is 8.90. The first-order valence-corrected chi connectivity index (χ1v) is 4.92. The molecule has 0 aliphatic carbocycles. The highest BCUT2D eigenvalue weighted by Gasteiger charge is 2.05. The number of aliphatic hydroxyl groups is 2. The highest BCUT2D eigenvalue weighted by Crippen LogP contribution is 2.20. The van der Waals surface area contributed by atoms with Crippen LogP contribution in [0.3, 0.4) is 0 Å². The first kappa shape index (κ1) is 11.8. The van der Waals surface area contributed by atoms with Crippen LogP contribution in [0.1, 0.15) is 0 Å². The van der Waals surface area contributed by atoms with E-state index in [0.717, 1.165) is 11.4 Å². The van der Waals surface area contributed by atoms with Crippen molar-refractivity contribution in [3.63, 3.8) is 0 Å². The van der Waals surface area contributed by atoms with Crippen LogP contribution in [-0.2, 0) is 0 Å². The van der Waals surface area contributed by atoms with Crippen LogP contribution in [-0.4, -0.2) is 43.6 Å². The van der Waals surface area contributed by atoms with Gasteiger partial charge in [-0.15, -0.1) is 0 Å². The molecule has 84 valence electrons. The first-order valence-electron chi connectivity index (χ1n) is 4.92. The maximum Gasteiger partial charge on any atom is 0.120 e. The molecule has 1 aromatic rings. The molecule has 0 aromatic heterocycles. The Kier molecular flexibility index (Phi) is 4.93.